The van der Waals surface area contributed by atoms with E-state index >= 15 is 0 Å². The Morgan fingerprint density at radius 2 is 1.79 bits per heavy atom. The molecule has 0 bridgehead atoms. The summed E-state index contributed by atoms with van der Waals surface area (Å²) in [5.41, 5.74) is 2.41. The Bertz CT molecular complexity index is 924. The van der Waals surface area contributed by atoms with Crippen LogP contribution in [0.25, 0.3) is 0 Å². The van der Waals surface area contributed by atoms with Gasteiger partial charge in [-0.1, -0.05) is 29.3 Å². The van der Waals surface area contributed by atoms with Crippen molar-refractivity contribution in [1.29, 1.82) is 0 Å². The summed E-state index contributed by atoms with van der Waals surface area (Å²) in [4.78, 5) is 28.9. The van der Waals surface area contributed by atoms with E-state index in [1.807, 2.05) is 36.1 Å². The SMILES string of the molecule is Cc1ccc(NC(=O)CN2CCN(C(=O)c3cc(Cl)c4c(c3)OCO4)CC2)cc1. The van der Waals surface area contributed by atoms with Crippen molar-refractivity contribution in [2.24, 2.45) is 0 Å². The predicted octanol–water partition coefficient (Wildman–Crippen LogP) is 2.77. The Kier molecular flexibility index (Phi) is 5.60. The summed E-state index contributed by atoms with van der Waals surface area (Å²) in [5, 5.41) is 3.27. The van der Waals surface area contributed by atoms with Gasteiger partial charge in [-0.2, -0.15) is 0 Å². The van der Waals surface area contributed by atoms with Crippen LogP contribution in [0.15, 0.2) is 36.4 Å². The zero-order chi connectivity index (χ0) is 20.4. The molecular weight excluding hydrogens is 394 g/mol. The number of carbonyl (C=O) groups excluding carboxylic acids is 2. The molecular formula is C21H22ClN3O4. The predicted molar refractivity (Wildman–Crippen MR) is 110 cm³/mol. The van der Waals surface area contributed by atoms with Gasteiger partial charge in [0.25, 0.3) is 5.91 Å². The number of fused-ring (bicyclic) bond motifs is 1. The van der Waals surface area contributed by atoms with Crippen molar-refractivity contribution < 1.29 is 19.1 Å². The van der Waals surface area contributed by atoms with Crippen molar-refractivity contribution in [3.8, 4) is 11.5 Å². The number of rotatable bonds is 4. The van der Waals surface area contributed by atoms with Gasteiger partial charge in [-0.15, -0.1) is 0 Å². The van der Waals surface area contributed by atoms with Gasteiger partial charge >= 0.3 is 0 Å². The third-order valence-corrected chi connectivity index (χ3v) is 5.32. The number of nitrogens with one attached hydrogen (secondary N) is 1. The molecule has 2 aromatic rings. The molecule has 29 heavy (non-hydrogen) atoms. The minimum absolute atomic E-state index is 0.0591. The fourth-order valence-corrected chi connectivity index (χ4v) is 3.69. The molecule has 0 atom stereocenters. The van der Waals surface area contributed by atoms with Crippen molar-refractivity contribution in [2.75, 3.05) is 44.8 Å². The number of carbonyl (C=O) groups is 2. The first-order valence-corrected chi connectivity index (χ1v) is 9.85. The first-order valence-electron chi connectivity index (χ1n) is 9.47. The zero-order valence-corrected chi connectivity index (χ0v) is 16.9. The highest BCUT2D eigenvalue weighted by molar-refractivity contribution is 6.32. The van der Waals surface area contributed by atoms with E-state index < -0.39 is 0 Å². The lowest BCUT2D eigenvalue weighted by Crippen LogP contribution is -2.50. The fraction of sp³-hybridized carbons (Fsp3) is 0.333. The summed E-state index contributed by atoms with van der Waals surface area (Å²) < 4.78 is 10.6. The van der Waals surface area contributed by atoms with Crippen LogP contribution in [0.3, 0.4) is 0 Å². The summed E-state index contributed by atoms with van der Waals surface area (Å²) in [6.45, 7) is 4.76. The van der Waals surface area contributed by atoms with Crippen LogP contribution in [-0.4, -0.2) is 61.1 Å². The van der Waals surface area contributed by atoms with Crippen molar-refractivity contribution >= 4 is 29.1 Å². The molecule has 2 aliphatic rings. The van der Waals surface area contributed by atoms with Gasteiger partial charge < -0.3 is 19.7 Å². The molecule has 8 heteroatoms. The van der Waals surface area contributed by atoms with Crippen LogP contribution < -0.4 is 14.8 Å². The molecule has 2 aromatic carbocycles. The van der Waals surface area contributed by atoms with Crippen LogP contribution in [0.2, 0.25) is 5.02 Å². The van der Waals surface area contributed by atoms with E-state index in [0.29, 0.717) is 54.8 Å². The standard InChI is InChI=1S/C21H22ClN3O4/c1-14-2-4-16(5-3-14)23-19(26)12-24-6-8-25(9-7-24)21(27)15-10-17(22)20-18(11-15)28-13-29-20/h2-5,10-11H,6-9,12-13H2,1H3,(H,23,26). The maximum absolute atomic E-state index is 12.8. The second-order valence-corrected chi connectivity index (χ2v) is 7.58. The van der Waals surface area contributed by atoms with Gasteiger partial charge in [-0.05, 0) is 31.2 Å². The summed E-state index contributed by atoms with van der Waals surface area (Å²) in [6.07, 6.45) is 0. The van der Waals surface area contributed by atoms with E-state index in [1.54, 1.807) is 17.0 Å². The lowest BCUT2D eigenvalue weighted by atomic mass is 10.1. The Balaban J connectivity index is 1.30. The minimum atomic E-state index is -0.103. The van der Waals surface area contributed by atoms with E-state index in [-0.39, 0.29) is 18.6 Å². The minimum Gasteiger partial charge on any atom is -0.454 e. The highest BCUT2D eigenvalue weighted by Gasteiger charge is 2.26. The number of benzene rings is 2. The second kappa shape index (κ2) is 8.31. The molecule has 4 rings (SSSR count). The van der Waals surface area contributed by atoms with Gasteiger partial charge in [-0.25, -0.2) is 0 Å². The van der Waals surface area contributed by atoms with Crippen LogP contribution in [0.4, 0.5) is 5.69 Å². The second-order valence-electron chi connectivity index (χ2n) is 7.17. The van der Waals surface area contributed by atoms with Gasteiger partial charge in [0.2, 0.25) is 12.7 Å². The molecule has 0 aromatic heterocycles. The molecule has 0 aliphatic carbocycles. The third-order valence-electron chi connectivity index (χ3n) is 5.04. The normalized spacial score (nSPS) is 16.0. The van der Waals surface area contributed by atoms with Crippen LogP contribution in [0.1, 0.15) is 15.9 Å². The molecule has 1 fully saturated rings. The summed E-state index contributed by atoms with van der Waals surface area (Å²) in [5.74, 6) is 0.810. The molecule has 0 spiro atoms. The first-order chi connectivity index (χ1) is 14.0. The summed E-state index contributed by atoms with van der Waals surface area (Å²) in [7, 11) is 0. The van der Waals surface area contributed by atoms with Crippen LogP contribution in [0, 0.1) is 6.92 Å². The van der Waals surface area contributed by atoms with Crippen LogP contribution >= 0.6 is 11.6 Å². The molecule has 1 saturated heterocycles. The topological polar surface area (TPSA) is 71.1 Å². The third kappa shape index (κ3) is 4.46. The molecule has 0 saturated carbocycles. The van der Waals surface area contributed by atoms with E-state index in [9.17, 15) is 9.59 Å². The van der Waals surface area contributed by atoms with Gasteiger partial charge in [0.15, 0.2) is 11.5 Å². The number of piperazine rings is 1. The Morgan fingerprint density at radius 1 is 1.07 bits per heavy atom. The monoisotopic (exact) mass is 415 g/mol. The van der Waals surface area contributed by atoms with E-state index in [4.69, 9.17) is 21.1 Å². The maximum atomic E-state index is 12.8. The Labute approximate surface area is 174 Å². The number of halogens is 1. The summed E-state index contributed by atoms with van der Waals surface area (Å²) in [6, 6.07) is 11.0. The number of ether oxygens (including phenoxy) is 2. The lowest BCUT2D eigenvalue weighted by molar-refractivity contribution is -0.117. The highest BCUT2D eigenvalue weighted by atomic mass is 35.5. The summed E-state index contributed by atoms with van der Waals surface area (Å²) >= 11 is 6.18. The van der Waals surface area contributed by atoms with Gasteiger partial charge in [-0.3, -0.25) is 14.5 Å². The van der Waals surface area contributed by atoms with Gasteiger partial charge in [0.05, 0.1) is 11.6 Å². The number of hydrogen-bond donors (Lipinski definition) is 1. The number of hydrogen-bond acceptors (Lipinski definition) is 5. The molecule has 152 valence electrons. The lowest BCUT2D eigenvalue weighted by Gasteiger charge is -2.34. The number of amides is 2. The number of aryl methyl sites for hydroxylation is 1. The average molecular weight is 416 g/mol. The van der Waals surface area contributed by atoms with Crippen LogP contribution in [0.5, 0.6) is 11.5 Å². The zero-order valence-electron chi connectivity index (χ0n) is 16.1. The molecule has 2 heterocycles. The van der Waals surface area contributed by atoms with Gasteiger partial charge in [0.1, 0.15) is 0 Å². The van der Waals surface area contributed by atoms with Crippen molar-refractivity contribution in [2.45, 2.75) is 6.92 Å². The fourth-order valence-electron chi connectivity index (χ4n) is 3.42. The maximum Gasteiger partial charge on any atom is 0.254 e. The van der Waals surface area contributed by atoms with E-state index in [0.717, 1.165) is 11.3 Å². The van der Waals surface area contributed by atoms with Crippen molar-refractivity contribution in [3.63, 3.8) is 0 Å². The molecule has 1 N–H and O–H groups in total. The van der Waals surface area contributed by atoms with Crippen LogP contribution in [-0.2, 0) is 4.79 Å². The Hall–Kier alpha value is -2.77. The smallest absolute Gasteiger partial charge is 0.254 e. The van der Waals surface area contributed by atoms with E-state index in [1.165, 1.54) is 0 Å². The number of anilines is 1. The molecule has 2 aliphatic heterocycles. The average Bonchev–Trinajstić information content (AvgIpc) is 3.19. The Morgan fingerprint density at radius 3 is 2.52 bits per heavy atom. The molecule has 0 radical (unpaired) electrons. The quantitative estimate of drug-likeness (QED) is 0.831. The van der Waals surface area contributed by atoms with Crippen molar-refractivity contribution in [3.05, 3.63) is 52.5 Å². The highest BCUT2D eigenvalue weighted by Crippen LogP contribution is 2.40. The molecule has 7 nitrogen and oxygen atoms in total. The van der Waals surface area contributed by atoms with Crippen molar-refractivity contribution in [1.82, 2.24) is 9.80 Å². The number of nitrogens with zero attached hydrogens (tertiary/aromatic N) is 2. The molecule has 2 amide bonds. The first kappa shape index (κ1) is 19.5. The largest absolute Gasteiger partial charge is 0.454 e. The van der Waals surface area contributed by atoms with E-state index in [2.05, 4.69) is 5.32 Å². The molecule has 0 unspecified atom stereocenters. The van der Waals surface area contributed by atoms with Gasteiger partial charge in [0, 0.05) is 37.4 Å².